The predicted octanol–water partition coefficient (Wildman–Crippen LogP) is 2.06. The van der Waals surface area contributed by atoms with Crippen molar-refractivity contribution in [3.05, 3.63) is 70.0 Å². The zero-order valence-electron chi connectivity index (χ0n) is 15.9. The number of carbonyl (C=O) groups is 3. The zero-order valence-corrected chi connectivity index (χ0v) is 15.9. The van der Waals surface area contributed by atoms with E-state index in [2.05, 4.69) is 20.9 Å². The first-order valence-electron chi connectivity index (χ1n) is 8.99. The van der Waals surface area contributed by atoms with Crippen molar-refractivity contribution in [1.82, 2.24) is 10.3 Å². The summed E-state index contributed by atoms with van der Waals surface area (Å²) in [5.41, 5.74) is 4.17. The number of H-pyrrole nitrogens is 1. The molecule has 160 valence electrons. The normalized spacial score (nSPS) is 10.5. The van der Waals surface area contributed by atoms with Gasteiger partial charge in [-0.2, -0.15) is 0 Å². The highest BCUT2D eigenvalue weighted by atomic mass is 19.1. The number of primary amides is 1. The molecule has 0 spiro atoms. The Bertz CT molecular complexity index is 1240. The van der Waals surface area contributed by atoms with Crippen LogP contribution in [0, 0.1) is 11.6 Å². The van der Waals surface area contributed by atoms with Gasteiger partial charge in [0.15, 0.2) is 0 Å². The van der Waals surface area contributed by atoms with Gasteiger partial charge in [-0.1, -0.05) is 6.07 Å². The largest absolute Gasteiger partial charge is 0.370 e. The molecule has 1 heterocycles. The highest BCUT2D eigenvalue weighted by molar-refractivity contribution is 6.06. The van der Waals surface area contributed by atoms with E-state index in [-0.39, 0.29) is 35.1 Å². The Morgan fingerprint density at radius 1 is 1.03 bits per heavy atom. The first kappa shape index (κ1) is 21.4. The summed E-state index contributed by atoms with van der Waals surface area (Å²) in [5, 5.41) is 7.14. The maximum absolute atomic E-state index is 13.8. The summed E-state index contributed by atoms with van der Waals surface area (Å²) in [6, 6.07) is 6.93. The summed E-state index contributed by atoms with van der Waals surface area (Å²) < 4.78 is 27.3. The van der Waals surface area contributed by atoms with Crippen LogP contribution in [0.2, 0.25) is 0 Å². The SMILES string of the molecule is NC(=O)CCNC(=O)Nc1cccc(NC(=O)c2c[nH]c3c(F)cc(F)cc3c2=O)c1. The van der Waals surface area contributed by atoms with Crippen LogP contribution in [0.15, 0.2) is 47.4 Å². The number of carbonyl (C=O) groups excluding carboxylic acids is 3. The lowest BCUT2D eigenvalue weighted by atomic mass is 10.1. The molecular formula is C20H17F2N5O4. The Morgan fingerprint density at radius 2 is 1.74 bits per heavy atom. The number of hydrogen-bond acceptors (Lipinski definition) is 4. The van der Waals surface area contributed by atoms with Gasteiger partial charge in [0, 0.05) is 36.6 Å². The molecule has 0 aliphatic heterocycles. The number of anilines is 2. The maximum Gasteiger partial charge on any atom is 0.319 e. The average molecular weight is 429 g/mol. The van der Waals surface area contributed by atoms with Crippen LogP contribution in [0.25, 0.3) is 10.9 Å². The van der Waals surface area contributed by atoms with Crippen LogP contribution < -0.4 is 27.1 Å². The molecule has 0 aliphatic carbocycles. The van der Waals surface area contributed by atoms with E-state index in [0.29, 0.717) is 11.8 Å². The highest BCUT2D eigenvalue weighted by Crippen LogP contribution is 2.17. The first-order valence-corrected chi connectivity index (χ1v) is 8.99. The zero-order chi connectivity index (χ0) is 22.5. The van der Waals surface area contributed by atoms with Crippen LogP contribution in [-0.2, 0) is 4.79 Å². The van der Waals surface area contributed by atoms with Crippen LogP contribution in [0.4, 0.5) is 25.0 Å². The summed E-state index contributed by atoms with van der Waals surface area (Å²) >= 11 is 0. The molecule has 0 saturated heterocycles. The van der Waals surface area contributed by atoms with Gasteiger partial charge in [0.25, 0.3) is 5.91 Å². The maximum atomic E-state index is 13.8. The summed E-state index contributed by atoms with van der Waals surface area (Å²) in [4.78, 5) is 50.0. The Hall–Kier alpha value is -4.28. The number of rotatable bonds is 6. The number of aromatic nitrogens is 1. The number of hydrogen-bond donors (Lipinski definition) is 5. The van der Waals surface area contributed by atoms with Crippen molar-refractivity contribution < 1.29 is 23.2 Å². The van der Waals surface area contributed by atoms with Crippen molar-refractivity contribution >= 4 is 40.1 Å². The van der Waals surface area contributed by atoms with Gasteiger partial charge in [-0.15, -0.1) is 0 Å². The minimum Gasteiger partial charge on any atom is -0.370 e. The van der Waals surface area contributed by atoms with E-state index in [1.54, 1.807) is 12.1 Å². The lowest BCUT2D eigenvalue weighted by Crippen LogP contribution is -2.31. The Balaban J connectivity index is 1.75. The van der Waals surface area contributed by atoms with Crippen LogP contribution in [0.3, 0.4) is 0 Å². The van der Waals surface area contributed by atoms with Gasteiger partial charge in [-0.3, -0.25) is 14.4 Å². The third-order valence-electron chi connectivity index (χ3n) is 4.18. The third-order valence-corrected chi connectivity index (χ3v) is 4.18. The Labute approximate surface area is 173 Å². The second-order valence-electron chi connectivity index (χ2n) is 6.47. The highest BCUT2D eigenvalue weighted by Gasteiger charge is 2.16. The van der Waals surface area contributed by atoms with Crippen molar-refractivity contribution in [1.29, 1.82) is 0 Å². The van der Waals surface area contributed by atoms with Gasteiger partial charge < -0.3 is 26.7 Å². The number of amides is 4. The number of halogens is 2. The van der Waals surface area contributed by atoms with E-state index in [1.165, 1.54) is 12.1 Å². The van der Waals surface area contributed by atoms with Gasteiger partial charge in [0.05, 0.1) is 10.9 Å². The first-order chi connectivity index (χ1) is 14.7. The molecule has 0 atom stereocenters. The molecule has 11 heteroatoms. The van der Waals surface area contributed by atoms with Gasteiger partial charge >= 0.3 is 6.03 Å². The number of fused-ring (bicyclic) bond motifs is 1. The molecule has 9 nitrogen and oxygen atoms in total. The van der Waals surface area contributed by atoms with E-state index in [4.69, 9.17) is 5.73 Å². The van der Waals surface area contributed by atoms with Crippen LogP contribution in [0.1, 0.15) is 16.8 Å². The second kappa shape index (κ2) is 9.03. The molecule has 0 fully saturated rings. The average Bonchev–Trinajstić information content (AvgIpc) is 2.68. The number of nitrogens with two attached hydrogens (primary N) is 1. The topological polar surface area (TPSA) is 146 Å². The number of urea groups is 1. The molecule has 31 heavy (non-hydrogen) atoms. The molecule has 2 aromatic carbocycles. The molecule has 3 rings (SSSR count). The Kier molecular flexibility index (Phi) is 6.24. The van der Waals surface area contributed by atoms with Crippen molar-refractivity contribution in [2.75, 3.05) is 17.2 Å². The van der Waals surface area contributed by atoms with Crippen molar-refractivity contribution in [3.63, 3.8) is 0 Å². The van der Waals surface area contributed by atoms with E-state index in [9.17, 15) is 28.0 Å². The fourth-order valence-electron chi connectivity index (χ4n) is 2.77. The summed E-state index contributed by atoms with van der Waals surface area (Å²) in [7, 11) is 0. The number of benzene rings is 2. The van der Waals surface area contributed by atoms with Crippen LogP contribution in [-0.4, -0.2) is 29.4 Å². The standard InChI is InChI=1S/C20H17F2N5O4/c21-10-6-13-17(15(22)7-10)25-9-14(18(13)29)19(30)26-11-2-1-3-12(8-11)27-20(31)24-5-4-16(23)28/h1-3,6-9H,4-5H2,(H2,23,28)(H,25,29)(H,26,30)(H2,24,27,31). The molecule has 0 radical (unpaired) electrons. The molecule has 4 amide bonds. The number of nitrogens with one attached hydrogen (secondary N) is 4. The fraction of sp³-hybridized carbons (Fsp3) is 0.100. The summed E-state index contributed by atoms with van der Waals surface area (Å²) in [5.74, 6) is -3.26. The molecule has 1 aromatic heterocycles. The summed E-state index contributed by atoms with van der Waals surface area (Å²) in [6.07, 6.45) is 1.02. The van der Waals surface area contributed by atoms with Crippen molar-refractivity contribution in [3.8, 4) is 0 Å². The lowest BCUT2D eigenvalue weighted by molar-refractivity contribution is -0.117. The van der Waals surface area contributed by atoms with E-state index in [0.717, 1.165) is 12.3 Å². The van der Waals surface area contributed by atoms with E-state index < -0.39 is 34.9 Å². The monoisotopic (exact) mass is 429 g/mol. The molecule has 0 saturated carbocycles. The quantitative estimate of drug-likeness (QED) is 0.408. The number of pyridine rings is 1. The molecule has 0 bridgehead atoms. The number of aromatic amines is 1. The minimum absolute atomic E-state index is 0.0162. The van der Waals surface area contributed by atoms with Crippen LogP contribution >= 0.6 is 0 Å². The minimum atomic E-state index is -0.952. The fourth-order valence-corrected chi connectivity index (χ4v) is 2.77. The van der Waals surface area contributed by atoms with E-state index in [1.807, 2.05) is 0 Å². The van der Waals surface area contributed by atoms with Gasteiger partial charge in [0.1, 0.15) is 17.2 Å². The molecule has 0 unspecified atom stereocenters. The molecule has 0 aliphatic rings. The van der Waals surface area contributed by atoms with Gasteiger partial charge in [-0.05, 0) is 24.3 Å². The van der Waals surface area contributed by atoms with Gasteiger partial charge in [0.2, 0.25) is 11.3 Å². The predicted molar refractivity (Wildman–Crippen MR) is 110 cm³/mol. The lowest BCUT2D eigenvalue weighted by Gasteiger charge is -2.10. The molecular weight excluding hydrogens is 412 g/mol. The molecule has 6 N–H and O–H groups in total. The smallest absolute Gasteiger partial charge is 0.319 e. The van der Waals surface area contributed by atoms with Gasteiger partial charge in [-0.25, -0.2) is 13.6 Å². The van der Waals surface area contributed by atoms with E-state index >= 15 is 0 Å². The van der Waals surface area contributed by atoms with Crippen molar-refractivity contribution in [2.45, 2.75) is 6.42 Å². The Morgan fingerprint density at radius 3 is 2.45 bits per heavy atom. The second-order valence-corrected chi connectivity index (χ2v) is 6.47. The van der Waals surface area contributed by atoms with Crippen LogP contribution in [0.5, 0.6) is 0 Å². The summed E-state index contributed by atoms with van der Waals surface area (Å²) in [6.45, 7) is 0.0590. The van der Waals surface area contributed by atoms with Crippen molar-refractivity contribution in [2.24, 2.45) is 5.73 Å². The third kappa shape index (κ3) is 5.21. The molecule has 3 aromatic rings.